The number of nitrogens with zero attached hydrogens (tertiary/aromatic N) is 4. The minimum Gasteiger partial charge on any atom is -0.369 e. The normalized spacial score (nSPS) is 18.0. The molecule has 0 saturated carbocycles. The van der Waals surface area contributed by atoms with Crippen molar-refractivity contribution in [3.8, 4) is 0 Å². The van der Waals surface area contributed by atoms with Crippen LogP contribution in [0.5, 0.6) is 0 Å². The van der Waals surface area contributed by atoms with Crippen LogP contribution in [0.1, 0.15) is 38.9 Å². The van der Waals surface area contributed by atoms with Crippen molar-refractivity contribution in [1.82, 2.24) is 20.8 Å². The summed E-state index contributed by atoms with van der Waals surface area (Å²) in [6.07, 6.45) is 1.03. The Bertz CT molecular complexity index is 797. The molecule has 0 bridgehead atoms. The zero-order chi connectivity index (χ0) is 19.4. The van der Waals surface area contributed by atoms with Gasteiger partial charge < -0.3 is 20.1 Å². The minimum atomic E-state index is -0.154. The molecule has 1 aromatic carbocycles. The third kappa shape index (κ3) is 5.13. The average molecular weight is 391 g/mol. The predicted octanol–water partition coefficient (Wildman–Crippen LogP) is 2.96. The van der Waals surface area contributed by atoms with Gasteiger partial charge in [-0.05, 0) is 24.6 Å². The number of hydrogen-bond donors (Lipinski definition) is 2. The number of aliphatic imine (C=N–C) groups is 1. The van der Waals surface area contributed by atoms with Crippen LogP contribution in [0, 0.1) is 0 Å². The van der Waals surface area contributed by atoms with Gasteiger partial charge in [0.25, 0.3) is 0 Å². The summed E-state index contributed by atoms with van der Waals surface area (Å²) in [6, 6.07) is 8.27. The number of rotatable bonds is 4. The largest absolute Gasteiger partial charge is 0.369 e. The number of nitrogens with one attached hydrogen (secondary N) is 2. The fourth-order valence-corrected chi connectivity index (χ4v) is 3.15. The van der Waals surface area contributed by atoms with Crippen molar-refractivity contribution >= 4 is 23.2 Å². The third-order valence-electron chi connectivity index (χ3n) is 4.45. The van der Waals surface area contributed by atoms with Gasteiger partial charge in [-0.3, -0.25) is 4.99 Å². The van der Waals surface area contributed by atoms with Gasteiger partial charge in [-0.2, -0.15) is 4.98 Å². The van der Waals surface area contributed by atoms with Gasteiger partial charge in [-0.15, -0.1) is 0 Å². The van der Waals surface area contributed by atoms with E-state index in [-0.39, 0.29) is 5.41 Å². The molecule has 2 heterocycles. The number of anilines is 1. The molecule has 0 spiro atoms. The molecule has 146 valence electrons. The SMILES string of the molecule is CN=C(NCc1noc(C(C)(C)C)n1)NC1CCN(c2cccc(Cl)c2)C1. The molecule has 0 aliphatic carbocycles. The summed E-state index contributed by atoms with van der Waals surface area (Å²) in [5.41, 5.74) is 0.995. The van der Waals surface area contributed by atoms with Gasteiger partial charge >= 0.3 is 0 Å². The first-order valence-electron chi connectivity index (χ1n) is 9.16. The fraction of sp³-hybridized carbons (Fsp3) is 0.526. The van der Waals surface area contributed by atoms with E-state index in [2.05, 4.69) is 36.7 Å². The van der Waals surface area contributed by atoms with E-state index >= 15 is 0 Å². The van der Waals surface area contributed by atoms with Gasteiger partial charge in [-0.25, -0.2) is 0 Å². The van der Waals surface area contributed by atoms with E-state index in [1.54, 1.807) is 7.05 Å². The quantitative estimate of drug-likeness (QED) is 0.617. The Balaban J connectivity index is 1.51. The molecule has 0 radical (unpaired) electrons. The summed E-state index contributed by atoms with van der Waals surface area (Å²) >= 11 is 6.10. The fourth-order valence-electron chi connectivity index (χ4n) is 2.97. The standard InChI is InChI=1S/C19H27ClN6O/c1-19(2,3)17-24-16(25-27-17)11-22-18(21-4)23-14-8-9-26(12-14)15-7-5-6-13(20)10-15/h5-7,10,14H,8-9,11-12H2,1-4H3,(H2,21,22,23). The van der Waals surface area contributed by atoms with Crippen LogP contribution >= 0.6 is 11.6 Å². The van der Waals surface area contributed by atoms with Crippen molar-refractivity contribution in [2.75, 3.05) is 25.0 Å². The van der Waals surface area contributed by atoms with Crippen molar-refractivity contribution in [2.45, 2.75) is 45.2 Å². The molecule has 2 aromatic rings. The molecule has 7 nitrogen and oxygen atoms in total. The van der Waals surface area contributed by atoms with Crippen LogP contribution < -0.4 is 15.5 Å². The lowest BCUT2D eigenvalue weighted by Gasteiger charge is -2.20. The van der Waals surface area contributed by atoms with E-state index < -0.39 is 0 Å². The van der Waals surface area contributed by atoms with E-state index in [4.69, 9.17) is 16.1 Å². The Kier molecular flexibility index (Phi) is 5.89. The maximum atomic E-state index is 6.10. The zero-order valence-electron chi connectivity index (χ0n) is 16.3. The van der Waals surface area contributed by atoms with Crippen molar-refractivity contribution in [3.63, 3.8) is 0 Å². The second-order valence-corrected chi connectivity index (χ2v) is 8.18. The van der Waals surface area contributed by atoms with Gasteiger partial charge in [0.1, 0.15) is 0 Å². The number of aromatic nitrogens is 2. The molecule has 1 atom stereocenters. The predicted molar refractivity (Wildman–Crippen MR) is 108 cm³/mol. The summed E-state index contributed by atoms with van der Waals surface area (Å²) in [4.78, 5) is 11.1. The Morgan fingerprint density at radius 3 is 2.89 bits per heavy atom. The zero-order valence-corrected chi connectivity index (χ0v) is 17.0. The molecule has 1 fully saturated rings. The molecule has 8 heteroatoms. The Morgan fingerprint density at radius 2 is 2.22 bits per heavy atom. The summed E-state index contributed by atoms with van der Waals surface area (Å²) in [7, 11) is 1.76. The average Bonchev–Trinajstić information content (AvgIpc) is 3.28. The first kappa shape index (κ1) is 19.5. The summed E-state index contributed by atoms with van der Waals surface area (Å²) in [6.45, 7) is 8.48. The maximum absolute atomic E-state index is 6.10. The molecule has 1 aliphatic heterocycles. The highest BCUT2D eigenvalue weighted by atomic mass is 35.5. The topological polar surface area (TPSA) is 78.6 Å². The Morgan fingerprint density at radius 1 is 1.41 bits per heavy atom. The van der Waals surface area contributed by atoms with E-state index in [0.717, 1.165) is 36.2 Å². The molecular formula is C19H27ClN6O. The molecule has 1 saturated heterocycles. The van der Waals surface area contributed by atoms with E-state index in [0.29, 0.717) is 24.3 Å². The summed E-state index contributed by atoms with van der Waals surface area (Å²) in [5.74, 6) is 1.99. The molecule has 27 heavy (non-hydrogen) atoms. The number of guanidine groups is 1. The highest BCUT2D eigenvalue weighted by Crippen LogP contribution is 2.23. The highest BCUT2D eigenvalue weighted by Gasteiger charge is 2.24. The molecule has 0 amide bonds. The number of halogens is 1. The van der Waals surface area contributed by atoms with Gasteiger partial charge in [0, 0.05) is 42.3 Å². The van der Waals surface area contributed by atoms with Crippen LogP contribution in [-0.4, -0.2) is 42.3 Å². The first-order valence-corrected chi connectivity index (χ1v) is 9.53. The van der Waals surface area contributed by atoms with E-state index in [9.17, 15) is 0 Å². The third-order valence-corrected chi connectivity index (χ3v) is 4.68. The van der Waals surface area contributed by atoms with Crippen LogP contribution in [0.15, 0.2) is 33.8 Å². The molecule has 3 rings (SSSR count). The summed E-state index contributed by atoms with van der Waals surface area (Å²) < 4.78 is 5.32. The van der Waals surface area contributed by atoms with E-state index in [1.165, 1.54) is 0 Å². The van der Waals surface area contributed by atoms with Crippen LogP contribution in [0.2, 0.25) is 5.02 Å². The maximum Gasteiger partial charge on any atom is 0.232 e. The Hall–Kier alpha value is -2.28. The van der Waals surface area contributed by atoms with E-state index in [1.807, 2.05) is 39.0 Å². The minimum absolute atomic E-state index is 0.154. The smallest absolute Gasteiger partial charge is 0.232 e. The summed E-state index contributed by atoms with van der Waals surface area (Å²) in [5, 5.41) is 11.5. The highest BCUT2D eigenvalue weighted by molar-refractivity contribution is 6.30. The van der Waals surface area contributed by atoms with Crippen molar-refractivity contribution < 1.29 is 4.52 Å². The number of hydrogen-bond acceptors (Lipinski definition) is 5. The lowest BCUT2D eigenvalue weighted by atomic mass is 9.97. The van der Waals surface area contributed by atoms with Crippen LogP contribution in [0.3, 0.4) is 0 Å². The molecule has 1 unspecified atom stereocenters. The van der Waals surface area contributed by atoms with Crippen molar-refractivity contribution in [1.29, 1.82) is 0 Å². The number of benzene rings is 1. The molecule has 1 aromatic heterocycles. The second kappa shape index (κ2) is 8.17. The first-order chi connectivity index (χ1) is 12.8. The van der Waals surface area contributed by atoms with Gasteiger partial charge in [0.05, 0.1) is 6.54 Å². The lowest BCUT2D eigenvalue weighted by Crippen LogP contribution is -2.44. The van der Waals surface area contributed by atoms with Crippen LogP contribution in [0.25, 0.3) is 0 Å². The van der Waals surface area contributed by atoms with Crippen LogP contribution in [0.4, 0.5) is 5.69 Å². The van der Waals surface area contributed by atoms with Gasteiger partial charge in [-0.1, -0.05) is 43.6 Å². The lowest BCUT2D eigenvalue weighted by molar-refractivity contribution is 0.318. The molecule has 2 N–H and O–H groups in total. The molecular weight excluding hydrogens is 364 g/mol. The van der Waals surface area contributed by atoms with Crippen molar-refractivity contribution in [3.05, 3.63) is 41.0 Å². The van der Waals surface area contributed by atoms with Gasteiger partial charge in [0.2, 0.25) is 5.89 Å². The second-order valence-electron chi connectivity index (χ2n) is 7.75. The molecule has 1 aliphatic rings. The Labute approximate surface area is 165 Å². The van der Waals surface area contributed by atoms with Crippen molar-refractivity contribution in [2.24, 2.45) is 4.99 Å². The van der Waals surface area contributed by atoms with Gasteiger partial charge in [0.15, 0.2) is 11.8 Å². The monoisotopic (exact) mass is 390 g/mol. The van der Waals surface area contributed by atoms with Crippen LogP contribution in [-0.2, 0) is 12.0 Å².